The maximum atomic E-state index is 13.0. The molecule has 7 heteroatoms. The van der Waals surface area contributed by atoms with Crippen LogP contribution in [0.1, 0.15) is 10.4 Å². The third-order valence-electron chi connectivity index (χ3n) is 4.14. The number of aromatic nitrogens is 1. The number of hydrogen-bond donors (Lipinski definition) is 3. The van der Waals surface area contributed by atoms with Gasteiger partial charge in [-0.2, -0.15) is 0 Å². The zero-order valence-electron chi connectivity index (χ0n) is 14.7. The van der Waals surface area contributed by atoms with Crippen molar-refractivity contribution in [3.05, 3.63) is 78.6 Å². The zero-order chi connectivity index (χ0) is 19.5. The monoisotopic (exact) mass is 372 g/mol. The summed E-state index contributed by atoms with van der Waals surface area (Å²) in [7, 11) is 0. The average Bonchev–Trinajstić information content (AvgIpc) is 3.23. The molecule has 0 bridgehead atoms. The van der Waals surface area contributed by atoms with Gasteiger partial charge in [0, 0.05) is 16.8 Å². The fourth-order valence-corrected chi connectivity index (χ4v) is 2.89. The molecular formula is C21H16N4O3. The number of urea groups is 1. The minimum Gasteiger partial charge on any atom is -0.463 e. The van der Waals surface area contributed by atoms with Gasteiger partial charge in [0.05, 0.1) is 17.3 Å². The number of carbonyl (C=O) groups excluding carboxylic acids is 2. The Balaban J connectivity index is 1.67. The van der Waals surface area contributed by atoms with E-state index in [0.717, 1.165) is 5.39 Å². The van der Waals surface area contributed by atoms with Crippen LogP contribution in [0.15, 0.2) is 77.4 Å². The number of nitrogens with zero attached hydrogens (tertiary/aromatic N) is 1. The lowest BCUT2D eigenvalue weighted by Gasteiger charge is -2.10. The average molecular weight is 372 g/mol. The summed E-state index contributed by atoms with van der Waals surface area (Å²) < 4.78 is 5.43. The molecule has 4 aromatic rings. The van der Waals surface area contributed by atoms with E-state index in [1.807, 2.05) is 24.3 Å². The summed E-state index contributed by atoms with van der Waals surface area (Å²) >= 11 is 0. The van der Waals surface area contributed by atoms with Crippen LogP contribution in [0.5, 0.6) is 0 Å². The van der Waals surface area contributed by atoms with Crippen LogP contribution in [0.25, 0.3) is 22.4 Å². The highest BCUT2D eigenvalue weighted by atomic mass is 16.3. The van der Waals surface area contributed by atoms with Crippen molar-refractivity contribution in [3.8, 4) is 11.5 Å². The molecule has 0 saturated heterocycles. The van der Waals surface area contributed by atoms with Crippen LogP contribution in [0.4, 0.5) is 16.2 Å². The van der Waals surface area contributed by atoms with Gasteiger partial charge in [0.25, 0.3) is 5.91 Å². The second kappa shape index (κ2) is 7.24. The first-order valence-electron chi connectivity index (χ1n) is 8.52. The van der Waals surface area contributed by atoms with Crippen LogP contribution < -0.4 is 16.4 Å². The van der Waals surface area contributed by atoms with Crippen LogP contribution in [0.2, 0.25) is 0 Å². The Morgan fingerprint density at radius 3 is 2.29 bits per heavy atom. The maximum absolute atomic E-state index is 13.0. The number of nitrogens with one attached hydrogen (secondary N) is 2. The molecule has 0 spiro atoms. The number of fused-ring (bicyclic) bond motifs is 1. The molecule has 2 aromatic carbocycles. The van der Waals surface area contributed by atoms with Crippen LogP contribution in [0, 0.1) is 0 Å². The summed E-state index contributed by atoms with van der Waals surface area (Å²) in [6.07, 6.45) is 1.56. The number of para-hydroxylation sites is 1. The highest BCUT2D eigenvalue weighted by Crippen LogP contribution is 2.26. The third kappa shape index (κ3) is 3.54. The van der Waals surface area contributed by atoms with E-state index in [-0.39, 0.29) is 5.91 Å². The summed E-state index contributed by atoms with van der Waals surface area (Å²) in [6, 6.07) is 18.7. The minimum absolute atomic E-state index is 0.276. The lowest BCUT2D eigenvalue weighted by Crippen LogP contribution is -2.19. The number of amides is 3. The molecule has 0 aliphatic rings. The number of anilines is 2. The maximum Gasteiger partial charge on any atom is 0.316 e. The summed E-state index contributed by atoms with van der Waals surface area (Å²) in [6.45, 7) is 0. The summed E-state index contributed by atoms with van der Waals surface area (Å²) in [4.78, 5) is 28.4. The van der Waals surface area contributed by atoms with E-state index in [0.29, 0.717) is 33.9 Å². The Morgan fingerprint density at radius 1 is 0.893 bits per heavy atom. The second-order valence-corrected chi connectivity index (χ2v) is 6.07. The van der Waals surface area contributed by atoms with Crippen molar-refractivity contribution in [2.45, 2.75) is 0 Å². The molecule has 3 amide bonds. The molecular weight excluding hydrogens is 356 g/mol. The molecule has 0 saturated carbocycles. The van der Waals surface area contributed by atoms with Crippen molar-refractivity contribution in [2.75, 3.05) is 10.6 Å². The lowest BCUT2D eigenvalue weighted by molar-refractivity contribution is 0.102. The van der Waals surface area contributed by atoms with Crippen molar-refractivity contribution < 1.29 is 14.0 Å². The van der Waals surface area contributed by atoms with Crippen molar-refractivity contribution in [3.63, 3.8) is 0 Å². The summed E-state index contributed by atoms with van der Waals surface area (Å²) in [5, 5.41) is 6.07. The molecule has 7 nitrogen and oxygen atoms in total. The molecule has 138 valence electrons. The SMILES string of the molecule is NC(=O)Nc1ccc(NC(=O)c2cc(-c3ccco3)nc3ccccc23)cc1. The van der Waals surface area contributed by atoms with E-state index >= 15 is 0 Å². The summed E-state index contributed by atoms with van der Waals surface area (Å²) in [5.41, 5.74) is 7.98. The van der Waals surface area contributed by atoms with Crippen molar-refractivity contribution in [2.24, 2.45) is 5.73 Å². The Kier molecular flexibility index (Phi) is 4.47. The van der Waals surface area contributed by atoms with Crippen LogP contribution in [0.3, 0.4) is 0 Å². The Hall–Kier alpha value is -4.13. The topological polar surface area (TPSA) is 110 Å². The molecule has 0 fully saturated rings. The molecule has 0 radical (unpaired) electrons. The first kappa shape index (κ1) is 17.3. The fraction of sp³-hybridized carbons (Fsp3) is 0. The number of benzene rings is 2. The summed E-state index contributed by atoms with van der Waals surface area (Å²) in [5.74, 6) is 0.309. The van der Waals surface area contributed by atoms with E-state index < -0.39 is 6.03 Å². The van der Waals surface area contributed by atoms with Crippen LogP contribution in [-0.4, -0.2) is 16.9 Å². The van der Waals surface area contributed by atoms with Gasteiger partial charge in [-0.25, -0.2) is 9.78 Å². The molecule has 2 aromatic heterocycles. The molecule has 4 rings (SSSR count). The molecule has 0 unspecified atom stereocenters. The van der Waals surface area contributed by atoms with Gasteiger partial charge in [0.1, 0.15) is 5.69 Å². The number of carbonyl (C=O) groups is 2. The standard InChI is InChI=1S/C21H16N4O3/c22-21(27)24-14-9-7-13(8-10-14)23-20(26)16-12-18(19-6-3-11-28-19)25-17-5-2-1-4-15(16)17/h1-12H,(H,23,26)(H3,22,24,27). The van der Waals surface area contributed by atoms with Crippen molar-refractivity contribution >= 4 is 34.2 Å². The van der Waals surface area contributed by atoms with Crippen molar-refractivity contribution in [1.29, 1.82) is 0 Å². The largest absolute Gasteiger partial charge is 0.463 e. The normalized spacial score (nSPS) is 10.6. The molecule has 0 aliphatic heterocycles. The molecule has 0 aliphatic carbocycles. The third-order valence-corrected chi connectivity index (χ3v) is 4.14. The first-order valence-corrected chi connectivity index (χ1v) is 8.52. The highest BCUT2D eigenvalue weighted by Gasteiger charge is 2.15. The quantitative estimate of drug-likeness (QED) is 0.497. The zero-order valence-corrected chi connectivity index (χ0v) is 14.7. The number of nitrogens with two attached hydrogens (primary N) is 1. The minimum atomic E-state index is -0.648. The lowest BCUT2D eigenvalue weighted by atomic mass is 10.1. The smallest absolute Gasteiger partial charge is 0.316 e. The van der Waals surface area contributed by atoms with E-state index in [4.69, 9.17) is 10.2 Å². The van der Waals surface area contributed by atoms with E-state index in [9.17, 15) is 9.59 Å². The van der Waals surface area contributed by atoms with Crippen LogP contribution in [-0.2, 0) is 0 Å². The molecule has 4 N–H and O–H groups in total. The van der Waals surface area contributed by atoms with Gasteiger partial charge >= 0.3 is 6.03 Å². The number of rotatable bonds is 4. The number of hydrogen-bond acceptors (Lipinski definition) is 4. The van der Waals surface area contributed by atoms with Gasteiger partial charge in [0.2, 0.25) is 0 Å². The van der Waals surface area contributed by atoms with E-state index in [2.05, 4.69) is 15.6 Å². The Morgan fingerprint density at radius 2 is 1.61 bits per heavy atom. The first-order chi connectivity index (χ1) is 13.6. The molecule has 28 heavy (non-hydrogen) atoms. The number of pyridine rings is 1. The van der Waals surface area contributed by atoms with Gasteiger partial charge in [-0.05, 0) is 48.5 Å². The van der Waals surface area contributed by atoms with Gasteiger partial charge in [0.15, 0.2) is 5.76 Å². The van der Waals surface area contributed by atoms with E-state index in [1.165, 1.54) is 0 Å². The van der Waals surface area contributed by atoms with Gasteiger partial charge < -0.3 is 20.8 Å². The van der Waals surface area contributed by atoms with Gasteiger partial charge in [-0.15, -0.1) is 0 Å². The van der Waals surface area contributed by atoms with Gasteiger partial charge in [-0.3, -0.25) is 4.79 Å². The Labute approximate surface area is 160 Å². The Bertz CT molecular complexity index is 1150. The predicted molar refractivity (Wildman–Crippen MR) is 107 cm³/mol. The van der Waals surface area contributed by atoms with Crippen molar-refractivity contribution in [1.82, 2.24) is 4.98 Å². The number of primary amides is 1. The second-order valence-electron chi connectivity index (χ2n) is 6.07. The van der Waals surface area contributed by atoms with Crippen LogP contribution >= 0.6 is 0 Å². The molecule has 2 heterocycles. The predicted octanol–water partition coefficient (Wildman–Crippen LogP) is 4.24. The fourth-order valence-electron chi connectivity index (χ4n) is 2.89. The number of furan rings is 1. The van der Waals surface area contributed by atoms with E-state index in [1.54, 1.807) is 48.7 Å². The molecule has 0 atom stereocenters. The highest BCUT2D eigenvalue weighted by molar-refractivity contribution is 6.13. The van der Waals surface area contributed by atoms with Gasteiger partial charge in [-0.1, -0.05) is 18.2 Å².